The summed E-state index contributed by atoms with van der Waals surface area (Å²) < 4.78 is 40.5. The van der Waals surface area contributed by atoms with Crippen LogP contribution >= 0.6 is 11.3 Å². The number of rotatable bonds is 9. The minimum atomic E-state index is -0.915. The fourth-order valence-electron chi connectivity index (χ4n) is 4.56. The molecule has 4 aromatic rings. The summed E-state index contributed by atoms with van der Waals surface area (Å²) in [4.78, 5) is 37.2. The lowest BCUT2D eigenvalue weighted by Crippen LogP contribution is -2.36. The van der Waals surface area contributed by atoms with Crippen molar-refractivity contribution in [1.29, 1.82) is 0 Å². The van der Waals surface area contributed by atoms with Gasteiger partial charge in [-0.15, -0.1) is 10.2 Å². The van der Waals surface area contributed by atoms with Crippen molar-refractivity contribution < 1.29 is 27.8 Å². The maximum absolute atomic E-state index is 15.4. The summed E-state index contributed by atoms with van der Waals surface area (Å²) in [5.41, 5.74) is -0.195. The second-order valence-corrected chi connectivity index (χ2v) is 10.4. The normalized spacial score (nSPS) is 15.7. The number of aromatic nitrogens is 4. The van der Waals surface area contributed by atoms with E-state index in [-0.39, 0.29) is 36.2 Å². The molecule has 2 aromatic carbocycles. The van der Waals surface area contributed by atoms with Gasteiger partial charge in [0.1, 0.15) is 28.7 Å². The molecule has 1 spiro atoms. The smallest absolute Gasteiger partial charge is 0.328 e. The molecule has 1 saturated carbocycles. The monoisotopic (exact) mass is 564 g/mol. The minimum absolute atomic E-state index is 0.0164. The summed E-state index contributed by atoms with van der Waals surface area (Å²) in [6.07, 6.45) is 4.17. The van der Waals surface area contributed by atoms with Crippen molar-refractivity contribution in [3.63, 3.8) is 0 Å². The molecule has 10 nitrogen and oxygen atoms in total. The van der Waals surface area contributed by atoms with E-state index >= 15 is 4.39 Å². The van der Waals surface area contributed by atoms with E-state index in [1.807, 2.05) is 0 Å². The molecule has 1 aliphatic heterocycles. The van der Waals surface area contributed by atoms with Gasteiger partial charge in [0.2, 0.25) is 0 Å². The average molecular weight is 565 g/mol. The molecule has 13 heteroatoms. The van der Waals surface area contributed by atoms with Gasteiger partial charge in [-0.1, -0.05) is 23.5 Å². The van der Waals surface area contributed by atoms with Crippen molar-refractivity contribution in [1.82, 2.24) is 30.0 Å². The van der Waals surface area contributed by atoms with Crippen LogP contribution in [0.2, 0.25) is 0 Å². The summed E-state index contributed by atoms with van der Waals surface area (Å²) in [5, 5.41) is 8.81. The largest absolute Gasteiger partial charge is 0.497 e. The predicted molar refractivity (Wildman–Crippen MR) is 138 cm³/mol. The summed E-state index contributed by atoms with van der Waals surface area (Å²) in [6.45, 7) is -0.0589. The predicted octanol–water partition coefficient (Wildman–Crippen LogP) is 4.36. The number of methoxy groups -OCH3 is 1. The van der Waals surface area contributed by atoms with E-state index in [0.29, 0.717) is 35.0 Å². The van der Waals surface area contributed by atoms with Crippen LogP contribution in [-0.4, -0.2) is 54.6 Å². The number of benzene rings is 2. The van der Waals surface area contributed by atoms with Crippen LogP contribution < -0.4 is 9.47 Å². The first-order chi connectivity index (χ1) is 19.4. The second kappa shape index (κ2) is 10.2. The highest BCUT2D eigenvalue weighted by Gasteiger charge is 2.64. The Kier molecular flexibility index (Phi) is 6.58. The van der Waals surface area contributed by atoms with Gasteiger partial charge in [0, 0.05) is 12.4 Å². The van der Waals surface area contributed by atoms with Gasteiger partial charge < -0.3 is 14.4 Å². The molecule has 6 rings (SSSR count). The first-order valence-corrected chi connectivity index (χ1v) is 13.2. The Bertz CT molecular complexity index is 1580. The van der Waals surface area contributed by atoms with Crippen LogP contribution in [0.1, 0.15) is 29.2 Å². The molecule has 1 saturated heterocycles. The molecular weight excluding hydrogens is 542 g/mol. The number of hydrogen-bond donors (Lipinski definition) is 0. The van der Waals surface area contributed by atoms with E-state index in [9.17, 15) is 14.0 Å². The highest BCUT2D eigenvalue weighted by molar-refractivity contribution is 7.14. The molecule has 40 heavy (non-hydrogen) atoms. The lowest BCUT2D eigenvalue weighted by Gasteiger charge is -2.19. The third kappa shape index (κ3) is 4.62. The summed E-state index contributed by atoms with van der Waals surface area (Å²) in [5.74, 6) is -1.56. The van der Waals surface area contributed by atoms with Crippen molar-refractivity contribution in [2.75, 3.05) is 7.11 Å². The molecule has 0 unspecified atom stereocenters. The van der Waals surface area contributed by atoms with Gasteiger partial charge in [-0.05, 0) is 48.7 Å². The average Bonchev–Trinajstić information content (AvgIpc) is 3.61. The van der Waals surface area contributed by atoms with Gasteiger partial charge in [0.15, 0.2) is 22.4 Å². The molecule has 3 amide bonds. The number of hydrogen-bond acceptors (Lipinski definition) is 9. The van der Waals surface area contributed by atoms with Gasteiger partial charge in [0.05, 0.1) is 25.8 Å². The molecule has 3 heterocycles. The van der Waals surface area contributed by atoms with Crippen molar-refractivity contribution in [3.8, 4) is 22.1 Å². The zero-order chi connectivity index (χ0) is 27.9. The van der Waals surface area contributed by atoms with Crippen LogP contribution in [0, 0.1) is 11.6 Å². The zero-order valence-electron chi connectivity index (χ0n) is 21.2. The van der Waals surface area contributed by atoms with Gasteiger partial charge in [-0.2, -0.15) is 0 Å². The summed E-state index contributed by atoms with van der Waals surface area (Å²) in [6, 6.07) is 10.5. The third-order valence-corrected chi connectivity index (χ3v) is 7.79. The molecule has 0 bridgehead atoms. The molecule has 0 atom stereocenters. The molecule has 0 radical (unpaired) electrons. The Labute approximate surface area is 231 Å². The van der Waals surface area contributed by atoms with E-state index in [0.717, 1.165) is 22.3 Å². The maximum Gasteiger partial charge on any atom is 0.328 e. The number of ether oxygens (including phenoxy) is 2. The third-order valence-electron chi connectivity index (χ3n) is 6.85. The van der Waals surface area contributed by atoms with Crippen molar-refractivity contribution in [3.05, 3.63) is 82.9 Å². The fourth-order valence-corrected chi connectivity index (χ4v) is 5.41. The molecule has 2 fully saturated rings. The summed E-state index contributed by atoms with van der Waals surface area (Å²) >= 11 is 1.05. The van der Waals surface area contributed by atoms with Crippen LogP contribution in [0.4, 0.5) is 13.6 Å². The molecule has 2 aliphatic rings. The quantitative estimate of drug-likeness (QED) is 0.276. The number of urea groups is 1. The topological polar surface area (TPSA) is 111 Å². The van der Waals surface area contributed by atoms with E-state index in [2.05, 4.69) is 20.2 Å². The van der Waals surface area contributed by atoms with Crippen LogP contribution in [-0.2, 0) is 24.5 Å². The van der Waals surface area contributed by atoms with Gasteiger partial charge in [-0.25, -0.2) is 23.5 Å². The standard InChI is InChI=1S/C27H22F2N6O4S/c1-38-17-5-3-16(4-6-17)15-39-23-19(28)8-7-18(22(23)29)24-33-32-21(40-24)14-35-26(37)34(25(36)27(35)9-10-27)13-20-30-11-2-12-31-20/h2-8,11-12H,9-10,13-15H2,1H3. The first kappa shape index (κ1) is 25.7. The first-order valence-electron chi connectivity index (χ1n) is 12.4. The summed E-state index contributed by atoms with van der Waals surface area (Å²) in [7, 11) is 1.54. The number of imide groups is 1. The molecule has 0 N–H and O–H groups in total. The van der Waals surface area contributed by atoms with E-state index in [1.54, 1.807) is 49.8 Å². The lowest BCUT2D eigenvalue weighted by atomic mass is 10.2. The van der Waals surface area contributed by atoms with E-state index in [1.165, 1.54) is 11.0 Å². The fraction of sp³-hybridized carbons (Fsp3) is 0.259. The Balaban J connectivity index is 1.19. The Morgan fingerprint density at radius 2 is 1.75 bits per heavy atom. The number of nitrogens with zero attached hydrogens (tertiary/aromatic N) is 6. The van der Waals surface area contributed by atoms with Gasteiger partial charge in [0.25, 0.3) is 5.91 Å². The van der Waals surface area contributed by atoms with Crippen LogP contribution in [0.3, 0.4) is 0 Å². The highest BCUT2D eigenvalue weighted by Crippen LogP contribution is 2.49. The Morgan fingerprint density at radius 1 is 1.00 bits per heavy atom. The lowest BCUT2D eigenvalue weighted by molar-refractivity contribution is -0.129. The van der Waals surface area contributed by atoms with Crippen molar-refractivity contribution in [2.45, 2.75) is 38.1 Å². The zero-order valence-corrected chi connectivity index (χ0v) is 22.0. The van der Waals surface area contributed by atoms with Gasteiger partial charge >= 0.3 is 6.03 Å². The van der Waals surface area contributed by atoms with Crippen molar-refractivity contribution >= 4 is 23.3 Å². The van der Waals surface area contributed by atoms with Crippen LogP contribution in [0.5, 0.6) is 11.5 Å². The maximum atomic E-state index is 15.4. The SMILES string of the molecule is COc1ccc(COc2c(F)ccc(-c3nnc(CN4C(=O)N(Cc5ncccn5)C(=O)C45CC5)s3)c2F)cc1. The molecule has 2 aromatic heterocycles. The van der Waals surface area contributed by atoms with E-state index in [4.69, 9.17) is 9.47 Å². The van der Waals surface area contributed by atoms with Crippen LogP contribution in [0.15, 0.2) is 54.9 Å². The van der Waals surface area contributed by atoms with Gasteiger partial charge in [-0.3, -0.25) is 9.69 Å². The molecule has 1 aliphatic carbocycles. The Morgan fingerprint density at radius 3 is 2.45 bits per heavy atom. The van der Waals surface area contributed by atoms with E-state index < -0.39 is 29.0 Å². The molecular formula is C27H22F2N6O4S. The second-order valence-electron chi connectivity index (χ2n) is 9.33. The minimum Gasteiger partial charge on any atom is -0.497 e. The van der Waals surface area contributed by atoms with Crippen molar-refractivity contribution in [2.24, 2.45) is 0 Å². The number of carbonyl (C=O) groups is 2. The number of carbonyl (C=O) groups excluding carboxylic acids is 2. The highest BCUT2D eigenvalue weighted by atomic mass is 32.1. The van der Waals surface area contributed by atoms with Crippen LogP contribution in [0.25, 0.3) is 10.6 Å². The molecule has 204 valence electrons. The number of amides is 3. The Hall–Kier alpha value is -4.52. The number of halogens is 2.